The lowest BCUT2D eigenvalue weighted by molar-refractivity contribution is -0.357. The van der Waals surface area contributed by atoms with Gasteiger partial charge in [-0.05, 0) is 55.6 Å². The number of hydrogen-bond acceptors (Lipinski definition) is 3. The standard InChI is InChI=1S/C12H27NO2/c1-10(2,3)14-12(7,13(8)9)15-11(4,5)6/h1-9H3. The highest BCUT2D eigenvalue weighted by Gasteiger charge is 2.37. The number of rotatable bonds is 3. The minimum atomic E-state index is -0.698. The van der Waals surface area contributed by atoms with E-state index in [4.69, 9.17) is 9.47 Å². The van der Waals surface area contributed by atoms with Gasteiger partial charge < -0.3 is 9.47 Å². The van der Waals surface area contributed by atoms with E-state index in [1.54, 1.807) is 0 Å². The Morgan fingerprint density at radius 2 is 0.933 bits per heavy atom. The molecule has 0 saturated carbocycles. The molecule has 0 aromatic rings. The van der Waals surface area contributed by atoms with Crippen molar-refractivity contribution in [3.8, 4) is 0 Å². The molecule has 0 amide bonds. The van der Waals surface area contributed by atoms with Crippen molar-refractivity contribution < 1.29 is 9.47 Å². The van der Waals surface area contributed by atoms with Crippen LogP contribution in [-0.2, 0) is 9.47 Å². The van der Waals surface area contributed by atoms with Gasteiger partial charge in [0.25, 0.3) is 0 Å². The third kappa shape index (κ3) is 6.13. The molecule has 0 rings (SSSR count). The van der Waals surface area contributed by atoms with Gasteiger partial charge >= 0.3 is 0 Å². The van der Waals surface area contributed by atoms with Crippen molar-refractivity contribution in [1.29, 1.82) is 0 Å². The summed E-state index contributed by atoms with van der Waals surface area (Å²) in [6.45, 7) is 14.1. The van der Waals surface area contributed by atoms with Crippen molar-refractivity contribution in [2.75, 3.05) is 14.1 Å². The van der Waals surface area contributed by atoms with Crippen LogP contribution in [0.3, 0.4) is 0 Å². The molecule has 3 heteroatoms. The van der Waals surface area contributed by atoms with E-state index in [0.29, 0.717) is 0 Å². The van der Waals surface area contributed by atoms with Crippen LogP contribution in [0.2, 0.25) is 0 Å². The first kappa shape index (κ1) is 14.9. The Bertz CT molecular complexity index is 183. The molecule has 0 aromatic carbocycles. The lowest BCUT2D eigenvalue weighted by Crippen LogP contribution is -2.53. The Labute approximate surface area is 94.7 Å². The second-order valence-electron chi connectivity index (χ2n) is 6.22. The Balaban J connectivity index is 4.76. The third-order valence-electron chi connectivity index (χ3n) is 1.80. The lowest BCUT2D eigenvalue weighted by Gasteiger charge is -2.44. The molecule has 0 spiro atoms. The Morgan fingerprint density at radius 1 is 0.667 bits per heavy atom. The van der Waals surface area contributed by atoms with Gasteiger partial charge in [-0.3, -0.25) is 4.90 Å². The molecule has 0 fully saturated rings. The molecule has 0 N–H and O–H groups in total. The highest BCUT2D eigenvalue weighted by molar-refractivity contribution is 4.72. The van der Waals surface area contributed by atoms with Crippen LogP contribution in [0, 0.1) is 0 Å². The lowest BCUT2D eigenvalue weighted by atomic mass is 10.1. The fourth-order valence-corrected chi connectivity index (χ4v) is 1.34. The first-order valence-corrected chi connectivity index (χ1v) is 5.43. The maximum absolute atomic E-state index is 5.97. The molecule has 0 bridgehead atoms. The van der Waals surface area contributed by atoms with Gasteiger partial charge in [-0.1, -0.05) is 0 Å². The van der Waals surface area contributed by atoms with E-state index in [0.717, 1.165) is 0 Å². The molecule has 92 valence electrons. The summed E-state index contributed by atoms with van der Waals surface area (Å²) in [4.78, 5) is 1.95. The van der Waals surface area contributed by atoms with E-state index in [1.807, 2.05) is 67.5 Å². The van der Waals surface area contributed by atoms with Crippen LogP contribution in [0.4, 0.5) is 0 Å². The highest BCUT2D eigenvalue weighted by atomic mass is 16.7. The monoisotopic (exact) mass is 217 g/mol. The molecule has 0 aliphatic rings. The molecule has 0 aliphatic carbocycles. The summed E-state index contributed by atoms with van der Waals surface area (Å²) >= 11 is 0. The van der Waals surface area contributed by atoms with E-state index >= 15 is 0 Å². The van der Waals surface area contributed by atoms with Crippen molar-refractivity contribution in [2.24, 2.45) is 0 Å². The summed E-state index contributed by atoms with van der Waals surface area (Å²) < 4.78 is 11.9. The van der Waals surface area contributed by atoms with Gasteiger partial charge in [0, 0.05) is 6.92 Å². The number of hydrogen-bond donors (Lipinski definition) is 0. The first-order valence-electron chi connectivity index (χ1n) is 5.43. The Morgan fingerprint density at radius 3 is 1.07 bits per heavy atom. The maximum atomic E-state index is 5.97. The topological polar surface area (TPSA) is 21.7 Å². The molecule has 0 aromatic heterocycles. The zero-order chi connectivity index (χ0) is 12.5. The molecule has 0 heterocycles. The smallest absolute Gasteiger partial charge is 0.227 e. The van der Waals surface area contributed by atoms with Crippen LogP contribution >= 0.6 is 0 Å². The molecule has 15 heavy (non-hydrogen) atoms. The summed E-state index contributed by atoms with van der Waals surface area (Å²) in [5.41, 5.74) is -0.464. The van der Waals surface area contributed by atoms with Gasteiger partial charge in [0.1, 0.15) is 0 Å². The number of ether oxygens (including phenoxy) is 2. The molecule has 0 unspecified atom stereocenters. The van der Waals surface area contributed by atoms with Crippen molar-refractivity contribution in [3.63, 3.8) is 0 Å². The molecule has 3 nitrogen and oxygen atoms in total. The number of nitrogens with zero attached hydrogens (tertiary/aromatic N) is 1. The van der Waals surface area contributed by atoms with Crippen LogP contribution in [0.5, 0.6) is 0 Å². The van der Waals surface area contributed by atoms with Crippen LogP contribution in [0.25, 0.3) is 0 Å². The predicted octanol–water partition coefficient (Wildman–Crippen LogP) is 2.85. The minimum Gasteiger partial charge on any atom is -0.332 e. The average molecular weight is 217 g/mol. The predicted molar refractivity (Wildman–Crippen MR) is 63.8 cm³/mol. The second kappa shape index (κ2) is 4.40. The van der Waals surface area contributed by atoms with Gasteiger partial charge in [0.2, 0.25) is 5.91 Å². The zero-order valence-corrected chi connectivity index (χ0v) is 11.8. The Kier molecular flexibility index (Phi) is 4.36. The van der Waals surface area contributed by atoms with E-state index in [-0.39, 0.29) is 11.2 Å². The quantitative estimate of drug-likeness (QED) is 0.679. The van der Waals surface area contributed by atoms with Crippen molar-refractivity contribution in [2.45, 2.75) is 65.6 Å². The summed E-state index contributed by atoms with van der Waals surface area (Å²) in [5.74, 6) is -0.698. The average Bonchev–Trinajstić information content (AvgIpc) is 1.75. The van der Waals surface area contributed by atoms with Crippen LogP contribution in [-0.4, -0.2) is 36.1 Å². The van der Waals surface area contributed by atoms with Crippen LogP contribution in [0.15, 0.2) is 0 Å². The third-order valence-corrected chi connectivity index (χ3v) is 1.80. The molecular formula is C12H27NO2. The fraction of sp³-hybridized carbons (Fsp3) is 1.00. The van der Waals surface area contributed by atoms with Crippen molar-refractivity contribution in [1.82, 2.24) is 4.90 Å². The largest absolute Gasteiger partial charge is 0.332 e. The van der Waals surface area contributed by atoms with Gasteiger partial charge in [-0.15, -0.1) is 0 Å². The van der Waals surface area contributed by atoms with Crippen molar-refractivity contribution in [3.05, 3.63) is 0 Å². The van der Waals surface area contributed by atoms with Gasteiger partial charge in [0.15, 0.2) is 0 Å². The van der Waals surface area contributed by atoms with Crippen LogP contribution < -0.4 is 0 Å². The zero-order valence-electron chi connectivity index (χ0n) is 11.8. The second-order valence-corrected chi connectivity index (χ2v) is 6.22. The maximum Gasteiger partial charge on any atom is 0.227 e. The molecular weight excluding hydrogens is 190 g/mol. The first-order chi connectivity index (χ1) is 6.36. The molecule has 0 atom stereocenters. The summed E-state index contributed by atoms with van der Waals surface area (Å²) in [5, 5.41) is 0. The minimum absolute atomic E-state index is 0.232. The Hall–Kier alpha value is -0.120. The normalized spacial score (nSPS) is 14.8. The SMILES string of the molecule is CN(C)C(C)(OC(C)(C)C)OC(C)(C)C. The van der Waals surface area contributed by atoms with Crippen molar-refractivity contribution >= 4 is 0 Å². The molecule has 0 radical (unpaired) electrons. The highest BCUT2D eigenvalue weighted by Crippen LogP contribution is 2.28. The summed E-state index contributed by atoms with van der Waals surface area (Å²) in [7, 11) is 3.91. The van der Waals surface area contributed by atoms with Gasteiger partial charge in [-0.2, -0.15) is 0 Å². The van der Waals surface area contributed by atoms with Gasteiger partial charge in [-0.25, -0.2) is 0 Å². The summed E-state index contributed by atoms with van der Waals surface area (Å²) in [6, 6.07) is 0. The van der Waals surface area contributed by atoms with E-state index < -0.39 is 5.91 Å². The summed E-state index contributed by atoms with van der Waals surface area (Å²) in [6.07, 6.45) is 0. The van der Waals surface area contributed by atoms with Crippen LogP contribution in [0.1, 0.15) is 48.5 Å². The molecule has 0 aliphatic heterocycles. The van der Waals surface area contributed by atoms with E-state index in [2.05, 4.69) is 0 Å². The van der Waals surface area contributed by atoms with E-state index in [9.17, 15) is 0 Å². The van der Waals surface area contributed by atoms with E-state index in [1.165, 1.54) is 0 Å². The van der Waals surface area contributed by atoms with Gasteiger partial charge in [0.05, 0.1) is 11.2 Å². The fourth-order valence-electron chi connectivity index (χ4n) is 1.34. The molecule has 0 saturated heterocycles.